The standard InChI is InChI=1S/C17H23NO3/c1-12(2)15-7-13(10-18)5-6-16(15)21-11-14-8-17(9-14,19-3)20-4/h5-7,12,14H,8-9,11H2,1-4H3. The average molecular weight is 289 g/mol. The molecule has 0 atom stereocenters. The predicted molar refractivity (Wildman–Crippen MR) is 80.2 cm³/mol. The molecule has 0 aromatic heterocycles. The van der Waals surface area contributed by atoms with Crippen molar-refractivity contribution in [1.82, 2.24) is 0 Å². The van der Waals surface area contributed by atoms with Gasteiger partial charge in [-0.05, 0) is 29.7 Å². The Morgan fingerprint density at radius 2 is 1.95 bits per heavy atom. The molecule has 0 unspecified atom stereocenters. The van der Waals surface area contributed by atoms with E-state index in [-0.39, 0.29) is 0 Å². The van der Waals surface area contributed by atoms with Gasteiger partial charge in [0.15, 0.2) is 5.79 Å². The van der Waals surface area contributed by atoms with Gasteiger partial charge in [-0.25, -0.2) is 0 Å². The first kappa shape index (κ1) is 15.8. The Bertz CT molecular complexity index is 521. The fourth-order valence-corrected chi connectivity index (χ4v) is 2.76. The second-order valence-corrected chi connectivity index (χ2v) is 5.92. The molecule has 4 nitrogen and oxygen atoms in total. The van der Waals surface area contributed by atoms with E-state index in [2.05, 4.69) is 19.9 Å². The highest BCUT2D eigenvalue weighted by atomic mass is 16.7. The molecule has 0 spiro atoms. The third kappa shape index (κ3) is 3.37. The number of nitriles is 1. The summed E-state index contributed by atoms with van der Waals surface area (Å²) in [7, 11) is 3.36. The lowest BCUT2D eigenvalue weighted by Crippen LogP contribution is -2.49. The molecule has 0 radical (unpaired) electrons. The highest BCUT2D eigenvalue weighted by Crippen LogP contribution is 2.41. The van der Waals surface area contributed by atoms with Gasteiger partial charge in [0.05, 0.1) is 18.2 Å². The summed E-state index contributed by atoms with van der Waals surface area (Å²) in [5.41, 5.74) is 1.76. The third-order valence-electron chi connectivity index (χ3n) is 4.18. The van der Waals surface area contributed by atoms with Crippen LogP contribution < -0.4 is 4.74 Å². The average Bonchev–Trinajstić information content (AvgIpc) is 2.46. The fourth-order valence-electron chi connectivity index (χ4n) is 2.76. The molecular weight excluding hydrogens is 266 g/mol. The number of benzene rings is 1. The van der Waals surface area contributed by atoms with Crippen LogP contribution in [0, 0.1) is 17.2 Å². The second kappa shape index (κ2) is 6.46. The van der Waals surface area contributed by atoms with E-state index in [1.807, 2.05) is 12.1 Å². The van der Waals surface area contributed by atoms with E-state index in [1.54, 1.807) is 20.3 Å². The Balaban J connectivity index is 1.97. The van der Waals surface area contributed by atoms with Gasteiger partial charge in [-0.3, -0.25) is 0 Å². The van der Waals surface area contributed by atoms with Gasteiger partial charge in [-0.15, -0.1) is 0 Å². The molecule has 1 saturated carbocycles. The molecular formula is C17H23NO3. The van der Waals surface area contributed by atoms with Crippen molar-refractivity contribution in [3.8, 4) is 11.8 Å². The Morgan fingerprint density at radius 3 is 2.48 bits per heavy atom. The van der Waals surface area contributed by atoms with E-state index >= 15 is 0 Å². The van der Waals surface area contributed by atoms with Crippen molar-refractivity contribution in [2.24, 2.45) is 5.92 Å². The van der Waals surface area contributed by atoms with Gasteiger partial charge < -0.3 is 14.2 Å². The van der Waals surface area contributed by atoms with Crippen molar-refractivity contribution in [2.75, 3.05) is 20.8 Å². The van der Waals surface area contributed by atoms with E-state index < -0.39 is 5.79 Å². The summed E-state index contributed by atoms with van der Waals surface area (Å²) >= 11 is 0. The Morgan fingerprint density at radius 1 is 1.29 bits per heavy atom. The maximum atomic E-state index is 8.99. The van der Waals surface area contributed by atoms with Crippen LogP contribution in [0.3, 0.4) is 0 Å². The molecule has 4 heteroatoms. The van der Waals surface area contributed by atoms with Crippen LogP contribution in [0.1, 0.15) is 43.7 Å². The number of methoxy groups -OCH3 is 2. The molecule has 0 N–H and O–H groups in total. The highest BCUT2D eigenvalue weighted by molar-refractivity contribution is 5.43. The normalized spacial score (nSPS) is 17.3. The van der Waals surface area contributed by atoms with Crippen molar-refractivity contribution in [3.63, 3.8) is 0 Å². The molecule has 1 aromatic rings. The monoisotopic (exact) mass is 289 g/mol. The topological polar surface area (TPSA) is 51.5 Å². The third-order valence-corrected chi connectivity index (χ3v) is 4.18. The van der Waals surface area contributed by atoms with Gasteiger partial charge in [-0.2, -0.15) is 5.26 Å². The van der Waals surface area contributed by atoms with Crippen LogP contribution in [0.25, 0.3) is 0 Å². The zero-order valence-corrected chi connectivity index (χ0v) is 13.2. The summed E-state index contributed by atoms with van der Waals surface area (Å²) in [5.74, 6) is 1.23. The molecule has 21 heavy (non-hydrogen) atoms. The SMILES string of the molecule is COC1(OC)CC(COc2ccc(C#N)cc2C(C)C)C1. The van der Waals surface area contributed by atoms with E-state index in [9.17, 15) is 0 Å². The quantitative estimate of drug-likeness (QED) is 0.753. The molecule has 0 heterocycles. The molecule has 1 fully saturated rings. The number of hydrogen-bond acceptors (Lipinski definition) is 4. The summed E-state index contributed by atoms with van der Waals surface area (Å²) < 4.78 is 16.7. The van der Waals surface area contributed by atoms with Gasteiger partial charge in [0.1, 0.15) is 5.75 Å². The molecule has 0 bridgehead atoms. The van der Waals surface area contributed by atoms with E-state index in [4.69, 9.17) is 19.5 Å². The zero-order valence-electron chi connectivity index (χ0n) is 13.2. The molecule has 1 aromatic carbocycles. The van der Waals surface area contributed by atoms with Crippen LogP contribution in [0.15, 0.2) is 18.2 Å². The zero-order chi connectivity index (χ0) is 15.5. The van der Waals surface area contributed by atoms with Gasteiger partial charge in [0.25, 0.3) is 0 Å². The van der Waals surface area contributed by atoms with Crippen LogP contribution in [0.5, 0.6) is 5.75 Å². The van der Waals surface area contributed by atoms with Gasteiger partial charge >= 0.3 is 0 Å². The van der Waals surface area contributed by atoms with Crippen molar-refractivity contribution in [2.45, 2.75) is 38.4 Å². The maximum absolute atomic E-state index is 8.99. The van der Waals surface area contributed by atoms with Crippen molar-refractivity contribution in [3.05, 3.63) is 29.3 Å². The smallest absolute Gasteiger partial charge is 0.168 e. The summed E-state index contributed by atoms with van der Waals surface area (Å²) in [5, 5.41) is 8.99. The van der Waals surface area contributed by atoms with Crippen LogP contribution in [-0.2, 0) is 9.47 Å². The van der Waals surface area contributed by atoms with Crippen LogP contribution in [0.2, 0.25) is 0 Å². The Labute approximate surface area is 126 Å². The minimum atomic E-state index is -0.417. The molecule has 0 saturated heterocycles. The Kier molecular flexibility index (Phi) is 4.87. The largest absolute Gasteiger partial charge is 0.493 e. The van der Waals surface area contributed by atoms with Crippen LogP contribution in [0.4, 0.5) is 0 Å². The first-order chi connectivity index (χ1) is 10.0. The van der Waals surface area contributed by atoms with Crippen molar-refractivity contribution >= 4 is 0 Å². The predicted octanol–water partition coefficient (Wildman–Crippen LogP) is 3.46. The van der Waals surface area contributed by atoms with Gasteiger partial charge in [0, 0.05) is 33.0 Å². The van der Waals surface area contributed by atoms with Crippen molar-refractivity contribution in [1.29, 1.82) is 5.26 Å². The number of rotatable bonds is 6. The number of hydrogen-bond donors (Lipinski definition) is 0. The lowest BCUT2D eigenvalue weighted by atomic mass is 9.79. The van der Waals surface area contributed by atoms with Crippen molar-refractivity contribution < 1.29 is 14.2 Å². The number of ether oxygens (including phenoxy) is 3. The van der Waals surface area contributed by atoms with Gasteiger partial charge in [0.2, 0.25) is 0 Å². The summed E-state index contributed by atoms with van der Waals surface area (Å²) in [6, 6.07) is 7.78. The lowest BCUT2D eigenvalue weighted by Gasteiger charge is -2.44. The molecule has 0 amide bonds. The lowest BCUT2D eigenvalue weighted by molar-refractivity contribution is -0.272. The summed E-state index contributed by atoms with van der Waals surface area (Å²) in [6.45, 7) is 4.86. The van der Waals surface area contributed by atoms with E-state index in [0.717, 1.165) is 24.2 Å². The van der Waals surface area contributed by atoms with E-state index in [1.165, 1.54) is 0 Å². The minimum Gasteiger partial charge on any atom is -0.493 e. The van der Waals surface area contributed by atoms with Crippen LogP contribution >= 0.6 is 0 Å². The fraction of sp³-hybridized carbons (Fsp3) is 0.588. The summed E-state index contributed by atoms with van der Waals surface area (Å²) in [6.07, 6.45) is 1.71. The first-order valence-corrected chi connectivity index (χ1v) is 7.30. The summed E-state index contributed by atoms with van der Waals surface area (Å²) in [4.78, 5) is 0. The van der Waals surface area contributed by atoms with E-state index in [0.29, 0.717) is 24.0 Å². The molecule has 114 valence electrons. The minimum absolute atomic E-state index is 0.326. The van der Waals surface area contributed by atoms with Crippen LogP contribution in [-0.4, -0.2) is 26.6 Å². The maximum Gasteiger partial charge on any atom is 0.168 e. The number of nitrogens with zero attached hydrogens (tertiary/aromatic N) is 1. The molecule has 1 aliphatic carbocycles. The molecule has 1 aliphatic rings. The Hall–Kier alpha value is -1.57. The second-order valence-electron chi connectivity index (χ2n) is 5.92. The highest BCUT2D eigenvalue weighted by Gasteiger charge is 2.45. The van der Waals surface area contributed by atoms with Gasteiger partial charge in [-0.1, -0.05) is 13.8 Å². The molecule has 0 aliphatic heterocycles. The molecule has 2 rings (SSSR count). The first-order valence-electron chi connectivity index (χ1n) is 7.30.